The van der Waals surface area contributed by atoms with Crippen molar-refractivity contribution in [1.29, 1.82) is 0 Å². The van der Waals surface area contributed by atoms with Gasteiger partial charge in [-0.1, -0.05) is 282 Å². The Morgan fingerprint density at radius 3 is 1.14 bits per heavy atom. The molecule has 0 aliphatic heterocycles. The van der Waals surface area contributed by atoms with Gasteiger partial charge in [-0.3, -0.25) is 9.36 Å². The van der Waals surface area contributed by atoms with Crippen molar-refractivity contribution in [3.05, 3.63) is 24.3 Å². The van der Waals surface area contributed by atoms with E-state index in [0.717, 1.165) is 38.5 Å². The molecular formula is C62H122NO7P. The summed E-state index contributed by atoms with van der Waals surface area (Å²) in [6.07, 6.45) is 68.1. The Balaban J connectivity index is 3.99. The second-order valence-electron chi connectivity index (χ2n) is 22.4. The van der Waals surface area contributed by atoms with Crippen molar-refractivity contribution < 1.29 is 37.3 Å². The maximum atomic E-state index is 12.8. The predicted octanol–water partition coefficient (Wildman–Crippen LogP) is 19.2. The summed E-state index contributed by atoms with van der Waals surface area (Å²) in [6.45, 7) is 5.48. The maximum Gasteiger partial charge on any atom is 0.306 e. The monoisotopic (exact) mass is 1020 g/mol. The summed E-state index contributed by atoms with van der Waals surface area (Å²) >= 11 is 0. The first-order valence-corrected chi connectivity index (χ1v) is 32.5. The molecule has 0 amide bonds. The zero-order valence-corrected chi connectivity index (χ0v) is 49.1. The fraction of sp³-hybridized carbons (Fsp3) is 0.919. The Hall–Kier alpha value is -1.02. The summed E-state index contributed by atoms with van der Waals surface area (Å²) in [4.78, 5) is 25.3. The van der Waals surface area contributed by atoms with Crippen LogP contribution >= 0.6 is 7.82 Å². The SMILES string of the molecule is CCCCCCC/C=C\C/C=C\CCCCCCCCCCCCCC(=O)OC(COCCCCCCCCCCCCCCCCCCCCCCCCCCCC)COP(=O)([O-])OCC[N+](C)(C)C. The second kappa shape index (κ2) is 55.2. The highest BCUT2D eigenvalue weighted by molar-refractivity contribution is 7.45. The molecule has 0 aromatic carbocycles. The van der Waals surface area contributed by atoms with Gasteiger partial charge in [0.15, 0.2) is 0 Å². The van der Waals surface area contributed by atoms with Crippen LogP contribution in [0.4, 0.5) is 0 Å². The minimum atomic E-state index is -4.53. The molecule has 0 N–H and O–H groups in total. The van der Waals surface area contributed by atoms with Gasteiger partial charge in [-0.15, -0.1) is 0 Å². The molecule has 0 rings (SSSR count). The van der Waals surface area contributed by atoms with Crippen molar-refractivity contribution in [2.75, 3.05) is 54.1 Å². The zero-order valence-electron chi connectivity index (χ0n) is 48.2. The Morgan fingerprint density at radius 1 is 0.437 bits per heavy atom. The van der Waals surface area contributed by atoms with E-state index >= 15 is 0 Å². The van der Waals surface area contributed by atoms with Gasteiger partial charge >= 0.3 is 5.97 Å². The molecule has 0 aromatic heterocycles. The van der Waals surface area contributed by atoms with Gasteiger partial charge in [0.05, 0.1) is 34.4 Å². The summed E-state index contributed by atoms with van der Waals surface area (Å²) < 4.78 is 34.9. The molecule has 0 bridgehead atoms. The van der Waals surface area contributed by atoms with E-state index in [2.05, 4.69) is 38.2 Å². The van der Waals surface area contributed by atoms with Crippen LogP contribution in [0.25, 0.3) is 0 Å². The maximum absolute atomic E-state index is 12.8. The van der Waals surface area contributed by atoms with Gasteiger partial charge in [0, 0.05) is 13.0 Å². The van der Waals surface area contributed by atoms with E-state index in [1.807, 2.05) is 21.1 Å². The average Bonchev–Trinajstić information content (AvgIpc) is 3.33. The van der Waals surface area contributed by atoms with Crippen LogP contribution in [0.5, 0.6) is 0 Å². The van der Waals surface area contributed by atoms with Crippen molar-refractivity contribution in [2.45, 2.75) is 315 Å². The smallest absolute Gasteiger partial charge is 0.306 e. The molecule has 71 heavy (non-hydrogen) atoms. The molecule has 2 atom stereocenters. The van der Waals surface area contributed by atoms with E-state index in [1.54, 1.807) is 0 Å². The van der Waals surface area contributed by atoms with Gasteiger partial charge < -0.3 is 27.9 Å². The number of quaternary nitrogens is 1. The second-order valence-corrected chi connectivity index (χ2v) is 23.8. The third kappa shape index (κ3) is 59.7. The summed E-state index contributed by atoms with van der Waals surface area (Å²) in [7, 11) is 1.37. The average molecular weight is 1020 g/mol. The third-order valence-corrected chi connectivity index (χ3v) is 15.0. The number of nitrogens with zero attached hydrogens (tertiary/aromatic N) is 1. The number of hydrogen-bond acceptors (Lipinski definition) is 7. The zero-order chi connectivity index (χ0) is 51.9. The highest BCUT2D eigenvalue weighted by Gasteiger charge is 2.20. The quantitative estimate of drug-likeness (QED) is 0.0197. The van der Waals surface area contributed by atoms with Crippen LogP contribution in [0.1, 0.15) is 309 Å². The van der Waals surface area contributed by atoms with Crippen molar-refractivity contribution in [3.63, 3.8) is 0 Å². The van der Waals surface area contributed by atoms with Crippen LogP contribution in [-0.4, -0.2) is 70.7 Å². The highest BCUT2D eigenvalue weighted by Crippen LogP contribution is 2.38. The van der Waals surface area contributed by atoms with E-state index in [0.29, 0.717) is 24.1 Å². The van der Waals surface area contributed by atoms with Gasteiger partial charge in [-0.2, -0.15) is 0 Å². The summed E-state index contributed by atoms with van der Waals surface area (Å²) in [5.74, 6) is -0.329. The topological polar surface area (TPSA) is 94.1 Å². The number of phosphoric ester groups is 1. The minimum Gasteiger partial charge on any atom is -0.756 e. The highest BCUT2D eigenvalue weighted by atomic mass is 31.2. The van der Waals surface area contributed by atoms with Gasteiger partial charge in [0.1, 0.15) is 19.3 Å². The lowest BCUT2D eigenvalue weighted by Crippen LogP contribution is -2.37. The van der Waals surface area contributed by atoms with E-state index in [9.17, 15) is 14.3 Å². The van der Waals surface area contributed by atoms with Crippen molar-refractivity contribution >= 4 is 13.8 Å². The van der Waals surface area contributed by atoms with Gasteiger partial charge in [0.2, 0.25) is 0 Å². The molecule has 0 aromatic rings. The van der Waals surface area contributed by atoms with Crippen molar-refractivity contribution in [2.24, 2.45) is 0 Å². The van der Waals surface area contributed by atoms with Crippen LogP contribution < -0.4 is 4.89 Å². The van der Waals surface area contributed by atoms with E-state index in [1.165, 1.54) is 250 Å². The predicted molar refractivity (Wildman–Crippen MR) is 305 cm³/mol. The number of ether oxygens (including phenoxy) is 2. The van der Waals surface area contributed by atoms with E-state index in [-0.39, 0.29) is 25.8 Å². The standard InChI is InChI=1S/C62H122NO7P/c1-6-8-10-12-14-16-18-20-22-24-26-28-30-31-32-34-36-38-40-42-44-46-48-50-52-54-57-67-59-61(60-69-71(65,66)68-58-56-63(3,4)5)70-62(64)55-53-51-49-47-45-43-41-39-37-35-33-29-27-25-23-21-19-17-15-13-11-9-7-2/h19,21,25,27,61H,6-18,20,22-24,26,28-60H2,1-5H3/b21-19-,27-25-. The third-order valence-electron chi connectivity index (χ3n) is 14.0. The number of phosphoric acid groups is 1. The van der Waals surface area contributed by atoms with Crippen LogP contribution in [0.15, 0.2) is 24.3 Å². The first-order valence-electron chi connectivity index (χ1n) is 31.1. The lowest BCUT2D eigenvalue weighted by atomic mass is 10.0. The largest absolute Gasteiger partial charge is 0.756 e. The summed E-state index contributed by atoms with van der Waals surface area (Å²) in [5, 5.41) is 0. The number of hydrogen-bond donors (Lipinski definition) is 0. The lowest BCUT2D eigenvalue weighted by Gasteiger charge is -2.28. The molecule has 0 radical (unpaired) electrons. The first kappa shape index (κ1) is 70.0. The number of carbonyl (C=O) groups excluding carboxylic acids is 1. The fourth-order valence-corrected chi connectivity index (χ4v) is 9.96. The lowest BCUT2D eigenvalue weighted by molar-refractivity contribution is -0.870. The van der Waals surface area contributed by atoms with Gasteiger partial charge in [-0.05, 0) is 44.9 Å². The number of rotatable bonds is 59. The van der Waals surface area contributed by atoms with Crippen LogP contribution in [0, 0.1) is 0 Å². The fourth-order valence-electron chi connectivity index (χ4n) is 9.23. The Kier molecular flexibility index (Phi) is 54.4. The Bertz CT molecular complexity index is 1190. The van der Waals surface area contributed by atoms with Gasteiger partial charge in [0.25, 0.3) is 7.82 Å². The Morgan fingerprint density at radius 2 is 0.775 bits per heavy atom. The van der Waals surface area contributed by atoms with Crippen LogP contribution in [0.3, 0.4) is 0 Å². The molecule has 0 spiro atoms. The van der Waals surface area contributed by atoms with E-state index < -0.39 is 13.9 Å². The van der Waals surface area contributed by atoms with E-state index in [4.69, 9.17) is 18.5 Å². The number of unbranched alkanes of at least 4 members (excludes halogenated alkanes) is 41. The molecule has 422 valence electrons. The molecule has 2 unspecified atom stereocenters. The molecule has 0 saturated heterocycles. The number of carbonyl (C=O) groups is 1. The molecular weight excluding hydrogens is 902 g/mol. The van der Waals surface area contributed by atoms with Crippen molar-refractivity contribution in [3.8, 4) is 0 Å². The number of esters is 1. The molecule has 8 nitrogen and oxygen atoms in total. The summed E-state index contributed by atoms with van der Waals surface area (Å²) in [6, 6.07) is 0. The normalized spacial score (nSPS) is 13.5. The summed E-state index contributed by atoms with van der Waals surface area (Å²) in [5.41, 5.74) is 0. The molecule has 0 saturated carbocycles. The van der Waals surface area contributed by atoms with Crippen molar-refractivity contribution in [1.82, 2.24) is 0 Å². The minimum absolute atomic E-state index is 0.0286. The molecule has 0 aliphatic rings. The Labute approximate surface area is 443 Å². The first-order chi connectivity index (χ1) is 34.6. The number of likely N-dealkylation sites (N-methyl/N-ethyl adjacent to an activating group) is 1. The number of allylic oxidation sites excluding steroid dienone is 4. The van der Waals surface area contributed by atoms with Crippen LogP contribution in [-0.2, 0) is 27.9 Å². The van der Waals surface area contributed by atoms with Crippen LogP contribution in [0.2, 0.25) is 0 Å². The molecule has 9 heteroatoms. The molecule has 0 aliphatic carbocycles. The molecule has 0 fully saturated rings. The van der Waals surface area contributed by atoms with Gasteiger partial charge in [-0.25, -0.2) is 0 Å². The molecule has 0 heterocycles.